The summed E-state index contributed by atoms with van der Waals surface area (Å²) >= 11 is 0. The fraction of sp³-hybridized carbons (Fsp3) is 0.300. The molecular formula is C10H15N3. The molecule has 1 aromatic rings. The van der Waals surface area contributed by atoms with E-state index in [4.69, 9.17) is 11.5 Å². The van der Waals surface area contributed by atoms with E-state index in [0.29, 0.717) is 5.82 Å². The predicted molar refractivity (Wildman–Crippen MR) is 55.1 cm³/mol. The fourth-order valence-corrected chi connectivity index (χ4v) is 1.37. The average Bonchev–Trinajstić information content (AvgIpc) is 2.04. The third-order valence-electron chi connectivity index (χ3n) is 2.03. The molecule has 70 valence electrons. The SMILES string of the molecule is C=CCC(N)c1c(C)ccnc1N. The van der Waals surface area contributed by atoms with Gasteiger partial charge in [-0.25, -0.2) is 4.98 Å². The lowest BCUT2D eigenvalue weighted by Crippen LogP contribution is -2.14. The van der Waals surface area contributed by atoms with Gasteiger partial charge in [-0.05, 0) is 25.0 Å². The minimum Gasteiger partial charge on any atom is -0.383 e. The van der Waals surface area contributed by atoms with Gasteiger partial charge in [0.25, 0.3) is 0 Å². The number of nitrogens with zero attached hydrogens (tertiary/aromatic N) is 1. The standard InChI is InChI=1S/C10H15N3/c1-3-4-8(11)9-7(2)5-6-13-10(9)12/h3,5-6,8H,1,4,11H2,2H3,(H2,12,13). The predicted octanol–water partition coefficient (Wildman–Crippen LogP) is 1.55. The van der Waals surface area contributed by atoms with Gasteiger partial charge in [0, 0.05) is 17.8 Å². The molecule has 13 heavy (non-hydrogen) atoms. The zero-order valence-electron chi connectivity index (χ0n) is 7.83. The Balaban J connectivity index is 3.04. The molecule has 1 atom stereocenters. The van der Waals surface area contributed by atoms with Gasteiger partial charge in [0.05, 0.1) is 0 Å². The quantitative estimate of drug-likeness (QED) is 0.688. The fourth-order valence-electron chi connectivity index (χ4n) is 1.37. The highest BCUT2D eigenvalue weighted by Gasteiger charge is 2.11. The minimum atomic E-state index is -0.0915. The van der Waals surface area contributed by atoms with E-state index in [0.717, 1.165) is 17.5 Å². The Morgan fingerprint density at radius 2 is 2.38 bits per heavy atom. The second-order valence-corrected chi connectivity index (χ2v) is 3.06. The lowest BCUT2D eigenvalue weighted by atomic mass is 10.0. The third kappa shape index (κ3) is 2.06. The monoisotopic (exact) mass is 177 g/mol. The summed E-state index contributed by atoms with van der Waals surface area (Å²) < 4.78 is 0. The molecule has 4 N–H and O–H groups in total. The van der Waals surface area contributed by atoms with E-state index in [1.54, 1.807) is 12.3 Å². The van der Waals surface area contributed by atoms with Crippen molar-refractivity contribution in [3.8, 4) is 0 Å². The molecule has 1 aromatic heterocycles. The molecular weight excluding hydrogens is 162 g/mol. The summed E-state index contributed by atoms with van der Waals surface area (Å²) in [6, 6.07) is 1.82. The van der Waals surface area contributed by atoms with Gasteiger partial charge in [-0.15, -0.1) is 6.58 Å². The van der Waals surface area contributed by atoms with Crippen LogP contribution in [0.25, 0.3) is 0 Å². The summed E-state index contributed by atoms with van der Waals surface area (Å²) in [4.78, 5) is 4.01. The van der Waals surface area contributed by atoms with Crippen LogP contribution in [-0.4, -0.2) is 4.98 Å². The highest BCUT2D eigenvalue weighted by atomic mass is 14.8. The Hall–Kier alpha value is -1.35. The van der Waals surface area contributed by atoms with Crippen molar-refractivity contribution in [3.63, 3.8) is 0 Å². The second-order valence-electron chi connectivity index (χ2n) is 3.06. The number of aromatic nitrogens is 1. The van der Waals surface area contributed by atoms with Crippen molar-refractivity contribution >= 4 is 5.82 Å². The molecule has 0 bridgehead atoms. The first-order chi connectivity index (χ1) is 6.16. The van der Waals surface area contributed by atoms with Crippen molar-refractivity contribution in [2.24, 2.45) is 5.73 Å². The van der Waals surface area contributed by atoms with Gasteiger partial charge in [-0.1, -0.05) is 6.08 Å². The van der Waals surface area contributed by atoms with E-state index in [9.17, 15) is 0 Å². The van der Waals surface area contributed by atoms with E-state index in [-0.39, 0.29) is 6.04 Å². The molecule has 0 amide bonds. The number of pyridine rings is 1. The Labute approximate surface area is 78.5 Å². The normalized spacial score (nSPS) is 12.5. The Morgan fingerprint density at radius 1 is 1.69 bits per heavy atom. The van der Waals surface area contributed by atoms with Gasteiger partial charge in [0.1, 0.15) is 5.82 Å². The summed E-state index contributed by atoms with van der Waals surface area (Å²) in [5.74, 6) is 0.523. The molecule has 0 radical (unpaired) electrons. The maximum Gasteiger partial charge on any atom is 0.128 e. The molecule has 0 saturated heterocycles. The molecule has 1 heterocycles. The van der Waals surface area contributed by atoms with Crippen molar-refractivity contribution in [1.29, 1.82) is 0 Å². The van der Waals surface area contributed by atoms with E-state index in [1.165, 1.54) is 0 Å². The van der Waals surface area contributed by atoms with Crippen LogP contribution in [0, 0.1) is 6.92 Å². The number of rotatable bonds is 3. The number of hydrogen-bond donors (Lipinski definition) is 2. The summed E-state index contributed by atoms with van der Waals surface area (Å²) in [5, 5.41) is 0. The van der Waals surface area contributed by atoms with Crippen molar-refractivity contribution in [2.75, 3.05) is 5.73 Å². The first-order valence-corrected chi connectivity index (χ1v) is 4.24. The van der Waals surface area contributed by atoms with Crippen LogP contribution in [-0.2, 0) is 0 Å². The van der Waals surface area contributed by atoms with Crippen LogP contribution in [0.15, 0.2) is 24.9 Å². The first kappa shape index (κ1) is 9.74. The van der Waals surface area contributed by atoms with Gasteiger partial charge >= 0.3 is 0 Å². The molecule has 3 heteroatoms. The van der Waals surface area contributed by atoms with Gasteiger partial charge in [0.2, 0.25) is 0 Å². The van der Waals surface area contributed by atoms with Crippen molar-refractivity contribution in [2.45, 2.75) is 19.4 Å². The van der Waals surface area contributed by atoms with Crippen LogP contribution >= 0.6 is 0 Å². The highest BCUT2D eigenvalue weighted by Crippen LogP contribution is 2.22. The Bertz CT molecular complexity index is 287. The maximum atomic E-state index is 5.92. The summed E-state index contributed by atoms with van der Waals surface area (Å²) in [6.45, 7) is 5.63. The number of nitrogen functional groups attached to an aromatic ring is 1. The second kappa shape index (κ2) is 4.05. The van der Waals surface area contributed by atoms with Crippen LogP contribution in [0.1, 0.15) is 23.6 Å². The highest BCUT2D eigenvalue weighted by molar-refractivity contribution is 5.46. The van der Waals surface area contributed by atoms with Gasteiger partial charge in [-0.3, -0.25) is 0 Å². The van der Waals surface area contributed by atoms with Crippen LogP contribution in [0.4, 0.5) is 5.82 Å². The molecule has 0 fully saturated rings. The van der Waals surface area contributed by atoms with E-state index in [2.05, 4.69) is 11.6 Å². The summed E-state index contributed by atoms with van der Waals surface area (Å²) in [5.41, 5.74) is 13.7. The van der Waals surface area contributed by atoms with Crippen LogP contribution < -0.4 is 11.5 Å². The zero-order chi connectivity index (χ0) is 9.84. The van der Waals surface area contributed by atoms with Gasteiger partial charge in [-0.2, -0.15) is 0 Å². The van der Waals surface area contributed by atoms with E-state index >= 15 is 0 Å². The summed E-state index contributed by atoms with van der Waals surface area (Å²) in [6.07, 6.45) is 4.20. The van der Waals surface area contributed by atoms with Crippen molar-refractivity contribution in [3.05, 3.63) is 36.0 Å². The van der Waals surface area contributed by atoms with E-state index < -0.39 is 0 Å². The molecule has 0 aromatic carbocycles. The van der Waals surface area contributed by atoms with E-state index in [1.807, 2.05) is 13.0 Å². The van der Waals surface area contributed by atoms with Crippen LogP contribution in [0.5, 0.6) is 0 Å². The number of hydrogen-bond acceptors (Lipinski definition) is 3. The molecule has 0 aliphatic heterocycles. The molecule has 0 aliphatic rings. The molecule has 1 unspecified atom stereocenters. The average molecular weight is 177 g/mol. The van der Waals surface area contributed by atoms with Gasteiger partial charge in [0.15, 0.2) is 0 Å². The Morgan fingerprint density at radius 3 is 2.92 bits per heavy atom. The maximum absolute atomic E-state index is 5.92. The van der Waals surface area contributed by atoms with Crippen LogP contribution in [0.3, 0.4) is 0 Å². The van der Waals surface area contributed by atoms with Crippen LogP contribution in [0.2, 0.25) is 0 Å². The number of anilines is 1. The van der Waals surface area contributed by atoms with Crippen molar-refractivity contribution < 1.29 is 0 Å². The smallest absolute Gasteiger partial charge is 0.128 e. The topological polar surface area (TPSA) is 64.9 Å². The largest absolute Gasteiger partial charge is 0.383 e. The minimum absolute atomic E-state index is 0.0915. The lowest BCUT2D eigenvalue weighted by molar-refractivity contribution is 0.735. The van der Waals surface area contributed by atoms with Gasteiger partial charge < -0.3 is 11.5 Å². The molecule has 0 saturated carbocycles. The zero-order valence-corrected chi connectivity index (χ0v) is 7.83. The lowest BCUT2D eigenvalue weighted by Gasteiger charge is -2.14. The molecule has 3 nitrogen and oxygen atoms in total. The molecule has 0 spiro atoms. The number of nitrogens with two attached hydrogens (primary N) is 2. The number of aryl methyl sites for hydroxylation is 1. The molecule has 1 rings (SSSR count). The van der Waals surface area contributed by atoms with Crippen molar-refractivity contribution in [1.82, 2.24) is 4.98 Å². The third-order valence-corrected chi connectivity index (χ3v) is 2.03. The first-order valence-electron chi connectivity index (χ1n) is 4.24. The summed E-state index contributed by atoms with van der Waals surface area (Å²) in [7, 11) is 0. The molecule has 0 aliphatic carbocycles. The Kier molecular flexibility index (Phi) is 3.03.